The van der Waals surface area contributed by atoms with Crippen molar-refractivity contribution < 1.29 is 27.5 Å². The summed E-state index contributed by atoms with van der Waals surface area (Å²) in [6, 6.07) is 8.99. The summed E-state index contributed by atoms with van der Waals surface area (Å²) in [5, 5.41) is 0. The fraction of sp³-hybridized carbons (Fsp3) is 0.368. The molecule has 28 heavy (non-hydrogen) atoms. The molecular weight excluding hydrogens is 402 g/mol. The molecule has 1 aromatic carbocycles. The molecule has 0 aliphatic carbocycles. The average molecular weight is 421 g/mol. The van der Waals surface area contributed by atoms with Crippen molar-refractivity contribution in [2.24, 2.45) is 0 Å². The van der Waals surface area contributed by atoms with Crippen LogP contribution in [0.25, 0.3) is 10.4 Å². The molecule has 1 fully saturated rings. The number of fused-ring (bicyclic) bond motifs is 3. The highest BCUT2D eigenvalue weighted by Crippen LogP contribution is 2.42. The number of thiophene rings is 1. The van der Waals surface area contributed by atoms with E-state index in [9.17, 15) is 18.0 Å². The molecule has 0 spiro atoms. The van der Waals surface area contributed by atoms with Crippen molar-refractivity contribution in [3.05, 3.63) is 40.8 Å². The van der Waals surface area contributed by atoms with E-state index in [0.717, 1.165) is 21.8 Å². The Balaban J connectivity index is 1.40. The molecule has 0 unspecified atom stereocenters. The van der Waals surface area contributed by atoms with E-state index in [1.807, 2.05) is 24.3 Å². The summed E-state index contributed by atoms with van der Waals surface area (Å²) < 4.78 is 34.0. The zero-order chi connectivity index (χ0) is 19.9. The van der Waals surface area contributed by atoms with Gasteiger partial charge in [0.05, 0.1) is 11.5 Å². The third kappa shape index (κ3) is 3.64. The molecule has 1 amide bonds. The number of para-hydroxylation sites is 1. The van der Waals surface area contributed by atoms with E-state index in [0.29, 0.717) is 17.9 Å². The van der Waals surface area contributed by atoms with Gasteiger partial charge < -0.3 is 14.4 Å². The van der Waals surface area contributed by atoms with E-state index >= 15 is 0 Å². The van der Waals surface area contributed by atoms with Gasteiger partial charge in [-0.1, -0.05) is 12.1 Å². The number of sulfone groups is 1. The Morgan fingerprint density at radius 1 is 1.32 bits per heavy atom. The SMILES string of the molecule is CN(C(=O)COC(=O)c1cc2c(s1)-c1ccccc1OC2)[C@@H]1CCS(=O)(=O)C1. The number of nitrogens with zero attached hydrogens (tertiary/aromatic N) is 1. The zero-order valence-electron chi connectivity index (χ0n) is 15.2. The first kappa shape index (κ1) is 18.9. The van der Waals surface area contributed by atoms with Gasteiger partial charge in [0.15, 0.2) is 16.4 Å². The Morgan fingerprint density at radius 3 is 2.86 bits per heavy atom. The summed E-state index contributed by atoms with van der Waals surface area (Å²) in [5.74, 6) is -0.164. The minimum absolute atomic E-state index is 0.0414. The average Bonchev–Trinajstić information content (AvgIpc) is 3.28. The number of ether oxygens (including phenoxy) is 2. The molecule has 0 saturated carbocycles. The molecule has 0 bridgehead atoms. The Bertz CT molecular complexity index is 1040. The number of benzene rings is 1. The highest BCUT2D eigenvalue weighted by atomic mass is 32.2. The summed E-state index contributed by atoms with van der Waals surface area (Å²) >= 11 is 1.31. The molecular formula is C19H19NO6S2. The maximum atomic E-state index is 12.4. The van der Waals surface area contributed by atoms with E-state index in [1.54, 1.807) is 13.1 Å². The quantitative estimate of drug-likeness (QED) is 0.703. The normalized spacial score (nSPS) is 19.2. The van der Waals surface area contributed by atoms with Crippen molar-refractivity contribution in [2.75, 3.05) is 25.2 Å². The van der Waals surface area contributed by atoms with Crippen LogP contribution in [0.3, 0.4) is 0 Å². The summed E-state index contributed by atoms with van der Waals surface area (Å²) in [4.78, 5) is 27.4. The van der Waals surface area contributed by atoms with Gasteiger partial charge in [0.25, 0.3) is 5.91 Å². The number of carbonyl (C=O) groups is 2. The van der Waals surface area contributed by atoms with Gasteiger partial charge in [0.1, 0.15) is 17.2 Å². The Morgan fingerprint density at radius 2 is 2.11 bits per heavy atom. The minimum Gasteiger partial charge on any atom is -0.488 e. The van der Waals surface area contributed by atoms with Crippen molar-refractivity contribution in [3.8, 4) is 16.2 Å². The van der Waals surface area contributed by atoms with Crippen molar-refractivity contribution >= 4 is 33.1 Å². The monoisotopic (exact) mass is 421 g/mol. The molecule has 9 heteroatoms. The van der Waals surface area contributed by atoms with Gasteiger partial charge in [-0.05, 0) is 24.6 Å². The maximum Gasteiger partial charge on any atom is 0.348 e. The lowest BCUT2D eigenvalue weighted by Gasteiger charge is -2.23. The lowest BCUT2D eigenvalue weighted by molar-refractivity contribution is -0.134. The predicted octanol–water partition coefficient (Wildman–Crippen LogP) is 2.11. The fourth-order valence-corrected chi connectivity index (χ4v) is 6.25. The van der Waals surface area contributed by atoms with Crippen LogP contribution in [0.5, 0.6) is 5.75 Å². The second kappa shape index (κ2) is 7.21. The molecule has 2 aromatic rings. The van der Waals surface area contributed by atoms with E-state index in [2.05, 4.69) is 0 Å². The number of hydrogen-bond acceptors (Lipinski definition) is 7. The summed E-state index contributed by atoms with van der Waals surface area (Å²) in [6.07, 6.45) is 0.412. The van der Waals surface area contributed by atoms with E-state index in [1.165, 1.54) is 16.2 Å². The molecule has 2 aliphatic rings. The van der Waals surface area contributed by atoms with E-state index in [4.69, 9.17) is 9.47 Å². The van der Waals surface area contributed by atoms with Crippen LogP contribution in [-0.4, -0.2) is 56.4 Å². The van der Waals surface area contributed by atoms with Gasteiger partial charge in [0.2, 0.25) is 0 Å². The van der Waals surface area contributed by atoms with Gasteiger partial charge in [-0.25, -0.2) is 13.2 Å². The first-order chi connectivity index (χ1) is 13.3. The van der Waals surface area contributed by atoms with Crippen LogP contribution in [0.2, 0.25) is 0 Å². The van der Waals surface area contributed by atoms with Crippen molar-refractivity contribution in [2.45, 2.75) is 19.1 Å². The van der Waals surface area contributed by atoms with Crippen LogP contribution in [0.4, 0.5) is 0 Å². The molecule has 1 atom stereocenters. The number of carbonyl (C=O) groups excluding carboxylic acids is 2. The van der Waals surface area contributed by atoms with Crippen LogP contribution >= 0.6 is 11.3 Å². The standard InChI is InChI=1S/C19H19NO6S2/c1-20(13-6-7-28(23,24)11-13)17(21)10-26-19(22)16-8-12-9-25-15-5-3-2-4-14(15)18(12)27-16/h2-5,8,13H,6-7,9-11H2,1H3/t13-/m1/s1. The van der Waals surface area contributed by atoms with Gasteiger partial charge >= 0.3 is 5.97 Å². The molecule has 0 radical (unpaired) electrons. The number of rotatable bonds is 4. The number of hydrogen-bond donors (Lipinski definition) is 0. The molecule has 148 valence electrons. The van der Waals surface area contributed by atoms with Crippen LogP contribution in [0, 0.1) is 0 Å². The largest absolute Gasteiger partial charge is 0.488 e. The molecule has 1 saturated heterocycles. The van der Waals surface area contributed by atoms with Crippen LogP contribution < -0.4 is 4.74 Å². The van der Waals surface area contributed by atoms with Gasteiger partial charge in [-0.3, -0.25) is 4.79 Å². The minimum atomic E-state index is -3.09. The van der Waals surface area contributed by atoms with Gasteiger partial charge in [0, 0.05) is 29.1 Å². The van der Waals surface area contributed by atoms with Crippen LogP contribution in [0.15, 0.2) is 30.3 Å². The third-order valence-corrected chi connectivity index (χ3v) is 7.94. The van der Waals surface area contributed by atoms with Crippen molar-refractivity contribution in [1.29, 1.82) is 0 Å². The van der Waals surface area contributed by atoms with Crippen LogP contribution in [-0.2, 0) is 26.0 Å². The smallest absolute Gasteiger partial charge is 0.348 e. The summed E-state index contributed by atoms with van der Waals surface area (Å²) in [7, 11) is -1.55. The lowest BCUT2D eigenvalue weighted by atomic mass is 10.1. The summed E-state index contributed by atoms with van der Waals surface area (Å²) in [6.45, 7) is -0.0323. The first-order valence-electron chi connectivity index (χ1n) is 8.82. The molecule has 0 N–H and O–H groups in total. The Labute approximate surface area is 166 Å². The first-order valence-corrected chi connectivity index (χ1v) is 11.5. The zero-order valence-corrected chi connectivity index (χ0v) is 16.8. The molecule has 4 rings (SSSR count). The van der Waals surface area contributed by atoms with Crippen molar-refractivity contribution in [1.82, 2.24) is 4.90 Å². The molecule has 7 nitrogen and oxygen atoms in total. The number of amides is 1. The topological polar surface area (TPSA) is 90.0 Å². The predicted molar refractivity (Wildman–Crippen MR) is 104 cm³/mol. The van der Waals surface area contributed by atoms with Gasteiger partial charge in [-0.2, -0.15) is 0 Å². The molecule has 2 aliphatic heterocycles. The highest BCUT2D eigenvalue weighted by Gasteiger charge is 2.33. The fourth-order valence-electron chi connectivity index (χ4n) is 3.38. The molecule has 1 aromatic heterocycles. The third-order valence-electron chi connectivity index (χ3n) is 5.00. The second-order valence-electron chi connectivity index (χ2n) is 6.89. The highest BCUT2D eigenvalue weighted by molar-refractivity contribution is 7.91. The van der Waals surface area contributed by atoms with Gasteiger partial charge in [-0.15, -0.1) is 11.3 Å². The second-order valence-corrected chi connectivity index (χ2v) is 10.2. The molecule has 3 heterocycles. The Hall–Kier alpha value is -2.39. The summed E-state index contributed by atoms with van der Waals surface area (Å²) in [5.41, 5.74) is 1.85. The lowest BCUT2D eigenvalue weighted by Crippen LogP contribution is -2.40. The maximum absolute atomic E-state index is 12.4. The van der Waals surface area contributed by atoms with Crippen molar-refractivity contribution in [3.63, 3.8) is 0 Å². The van der Waals surface area contributed by atoms with E-state index in [-0.39, 0.29) is 17.5 Å². The number of esters is 1. The number of likely N-dealkylation sites (N-methyl/N-ethyl adjacent to an activating group) is 1. The van der Waals surface area contributed by atoms with E-state index < -0.39 is 28.3 Å². The van der Waals surface area contributed by atoms with Crippen LogP contribution in [0.1, 0.15) is 21.7 Å². The Kier molecular flexibility index (Phi) is 4.88.